The first-order chi connectivity index (χ1) is 14.7. The molecule has 1 aliphatic heterocycles. The van der Waals surface area contributed by atoms with Crippen molar-refractivity contribution in [3.05, 3.63) is 53.0 Å². The second kappa shape index (κ2) is 9.67. The first kappa shape index (κ1) is 20.9. The summed E-state index contributed by atoms with van der Waals surface area (Å²) in [7, 11) is 1.69. The lowest BCUT2D eigenvalue weighted by molar-refractivity contribution is -0.928. The molecule has 2 N–H and O–H groups in total. The van der Waals surface area contributed by atoms with Gasteiger partial charge in [0.05, 0.1) is 32.8 Å². The van der Waals surface area contributed by atoms with Crippen LogP contribution in [-0.4, -0.2) is 43.3 Å². The van der Waals surface area contributed by atoms with Crippen LogP contribution in [0.3, 0.4) is 0 Å². The van der Waals surface area contributed by atoms with Gasteiger partial charge in [0.25, 0.3) is 5.91 Å². The van der Waals surface area contributed by atoms with Gasteiger partial charge in [0.2, 0.25) is 0 Å². The topological polar surface area (TPSA) is 47.7 Å². The van der Waals surface area contributed by atoms with E-state index in [4.69, 9.17) is 4.74 Å². The van der Waals surface area contributed by atoms with Crippen molar-refractivity contribution in [3.8, 4) is 5.75 Å². The first-order valence-electron chi connectivity index (χ1n) is 11.0. The number of hydrogen-bond acceptors (Lipinski definition) is 3. The third-order valence-corrected chi connectivity index (χ3v) is 7.25. The van der Waals surface area contributed by atoms with E-state index < -0.39 is 0 Å². The standard InChI is InChI=1S/C24H31N3O2S/c1-18-8-5-6-13-26(18)14-7-12-25-23(28)21-16-19-11-15-30-24(19)27(21)17-20-9-3-4-10-22(20)29-2/h3-4,9-11,15-16,18H,5-8,12-14,17H2,1-2H3,(H,25,28)/p+1/t18-/m1/s1. The lowest BCUT2D eigenvalue weighted by atomic mass is 10.0. The molecule has 160 valence electrons. The number of carbonyl (C=O) groups is 1. The van der Waals surface area contributed by atoms with Gasteiger partial charge in [0.1, 0.15) is 16.3 Å². The molecule has 4 rings (SSSR count). The molecule has 3 aromatic rings. The molecule has 1 amide bonds. The Labute approximate surface area is 182 Å². The fraction of sp³-hybridized carbons (Fsp3) is 0.458. The number of rotatable bonds is 8. The summed E-state index contributed by atoms with van der Waals surface area (Å²) in [5.41, 5.74) is 1.80. The summed E-state index contributed by atoms with van der Waals surface area (Å²) >= 11 is 1.67. The SMILES string of the molecule is COc1ccccc1Cn1c(C(=O)NCCC[NH+]2CCCC[C@H]2C)cc2ccsc21. The zero-order valence-electron chi connectivity index (χ0n) is 17.9. The highest BCUT2D eigenvalue weighted by Crippen LogP contribution is 2.28. The molecule has 0 spiro atoms. The second-order valence-electron chi connectivity index (χ2n) is 8.27. The molecule has 1 aliphatic rings. The smallest absolute Gasteiger partial charge is 0.267 e. The number of fused-ring (bicyclic) bond motifs is 1. The van der Waals surface area contributed by atoms with Crippen molar-refractivity contribution in [2.24, 2.45) is 0 Å². The number of hydrogen-bond donors (Lipinski definition) is 2. The van der Waals surface area contributed by atoms with E-state index in [0.717, 1.165) is 52.8 Å². The summed E-state index contributed by atoms with van der Waals surface area (Å²) in [5.74, 6) is 0.857. The number of piperidine rings is 1. The number of para-hydroxylation sites is 1. The molecule has 1 saturated heterocycles. The Morgan fingerprint density at radius 2 is 2.17 bits per heavy atom. The van der Waals surface area contributed by atoms with Crippen LogP contribution in [0.25, 0.3) is 10.2 Å². The zero-order valence-corrected chi connectivity index (χ0v) is 18.8. The van der Waals surface area contributed by atoms with Gasteiger partial charge in [-0.2, -0.15) is 0 Å². The van der Waals surface area contributed by atoms with Crippen LogP contribution < -0.4 is 15.0 Å². The minimum Gasteiger partial charge on any atom is -0.496 e. The molecule has 3 heterocycles. The summed E-state index contributed by atoms with van der Waals surface area (Å²) in [6, 6.07) is 12.8. The minimum absolute atomic E-state index is 0.00925. The number of methoxy groups -OCH3 is 1. The Kier molecular flexibility index (Phi) is 6.75. The highest BCUT2D eigenvalue weighted by Gasteiger charge is 2.21. The zero-order chi connectivity index (χ0) is 20.9. The Hall–Kier alpha value is -2.31. The molecule has 0 aliphatic carbocycles. The summed E-state index contributed by atoms with van der Waals surface area (Å²) < 4.78 is 7.64. The van der Waals surface area contributed by atoms with E-state index in [9.17, 15) is 4.79 Å². The highest BCUT2D eigenvalue weighted by molar-refractivity contribution is 7.16. The Morgan fingerprint density at radius 3 is 3.00 bits per heavy atom. The molecule has 1 aromatic carbocycles. The van der Waals surface area contributed by atoms with Gasteiger partial charge < -0.3 is 19.5 Å². The molecule has 6 heteroatoms. The van der Waals surface area contributed by atoms with E-state index in [-0.39, 0.29) is 5.91 Å². The molecule has 2 aromatic heterocycles. The number of benzene rings is 1. The van der Waals surface area contributed by atoms with Crippen molar-refractivity contribution >= 4 is 27.5 Å². The second-order valence-corrected chi connectivity index (χ2v) is 9.17. The number of nitrogens with one attached hydrogen (secondary N) is 2. The molecule has 0 bridgehead atoms. The molecule has 0 saturated carbocycles. The van der Waals surface area contributed by atoms with Crippen LogP contribution in [0.4, 0.5) is 0 Å². The summed E-state index contributed by atoms with van der Waals surface area (Å²) in [6.07, 6.45) is 5.04. The Bertz CT molecular complexity index is 993. The van der Waals surface area contributed by atoms with Crippen LogP contribution in [0.2, 0.25) is 0 Å². The monoisotopic (exact) mass is 426 g/mol. The number of thiophene rings is 1. The summed E-state index contributed by atoms with van der Waals surface area (Å²) in [6.45, 7) is 6.10. The van der Waals surface area contributed by atoms with Crippen molar-refractivity contribution in [1.29, 1.82) is 0 Å². The van der Waals surface area contributed by atoms with E-state index in [1.54, 1.807) is 23.3 Å². The van der Waals surface area contributed by atoms with Gasteiger partial charge in [0.15, 0.2) is 0 Å². The van der Waals surface area contributed by atoms with Crippen LogP contribution in [0.5, 0.6) is 5.75 Å². The predicted molar refractivity (Wildman–Crippen MR) is 123 cm³/mol. The maximum Gasteiger partial charge on any atom is 0.267 e. The number of quaternary nitrogens is 1. The van der Waals surface area contributed by atoms with Crippen LogP contribution in [0.15, 0.2) is 41.8 Å². The molecule has 0 radical (unpaired) electrons. The van der Waals surface area contributed by atoms with Gasteiger partial charge in [0, 0.05) is 23.9 Å². The van der Waals surface area contributed by atoms with Gasteiger partial charge >= 0.3 is 0 Å². The number of nitrogens with zero attached hydrogens (tertiary/aromatic N) is 1. The molecule has 30 heavy (non-hydrogen) atoms. The van der Waals surface area contributed by atoms with Gasteiger partial charge in [-0.1, -0.05) is 18.2 Å². The van der Waals surface area contributed by atoms with Gasteiger partial charge in [-0.05, 0) is 49.8 Å². The quantitative estimate of drug-likeness (QED) is 0.543. The van der Waals surface area contributed by atoms with Crippen LogP contribution in [0, 0.1) is 0 Å². The van der Waals surface area contributed by atoms with Gasteiger partial charge in [-0.15, -0.1) is 11.3 Å². The molecule has 1 fully saturated rings. The first-order valence-corrected chi connectivity index (χ1v) is 11.9. The largest absolute Gasteiger partial charge is 0.496 e. The third kappa shape index (κ3) is 4.55. The summed E-state index contributed by atoms with van der Waals surface area (Å²) in [5, 5.41) is 6.35. The van der Waals surface area contributed by atoms with Crippen LogP contribution in [-0.2, 0) is 6.54 Å². The average molecular weight is 427 g/mol. The van der Waals surface area contributed by atoms with E-state index >= 15 is 0 Å². The van der Waals surface area contributed by atoms with Gasteiger partial charge in [-0.3, -0.25) is 4.79 Å². The highest BCUT2D eigenvalue weighted by atomic mass is 32.1. The Balaban J connectivity index is 1.43. The molecule has 1 unspecified atom stereocenters. The fourth-order valence-corrected chi connectivity index (χ4v) is 5.45. The molecule has 5 nitrogen and oxygen atoms in total. The minimum atomic E-state index is 0.00925. The number of carbonyl (C=O) groups excluding carboxylic acids is 1. The van der Waals surface area contributed by atoms with Crippen molar-refractivity contribution in [2.45, 2.75) is 45.2 Å². The number of likely N-dealkylation sites (tertiary alicyclic amines) is 1. The van der Waals surface area contributed by atoms with Crippen LogP contribution in [0.1, 0.15) is 48.7 Å². The van der Waals surface area contributed by atoms with E-state index in [1.165, 1.54) is 25.8 Å². The van der Waals surface area contributed by atoms with Crippen LogP contribution >= 0.6 is 11.3 Å². The molecule has 2 atom stereocenters. The molecular weight excluding hydrogens is 394 g/mol. The van der Waals surface area contributed by atoms with E-state index in [1.807, 2.05) is 24.3 Å². The fourth-order valence-electron chi connectivity index (χ4n) is 4.56. The van der Waals surface area contributed by atoms with Gasteiger partial charge in [-0.25, -0.2) is 0 Å². The average Bonchev–Trinajstić information content (AvgIpc) is 3.35. The van der Waals surface area contributed by atoms with Crippen molar-refractivity contribution in [3.63, 3.8) is 0 Å². The third-order valence-electron chi connectivity index (χ3n) is 6.30. The number of ether oxygens (including phenoxy) is 1. The van der Waals surface area contributed by atoms with Crippen molar-refractivity contribution < 1.29 is 14.4 Å². The van der Waals surface area contributed by atoms with Crippen molar-refractivity contribution in [1.82, 2.24) is 9.88 Å². The normalized spacial score (nSPS) is 19.1. The lowest BCUT2D eigenvalue weighted by Gasteiger charge is -2.30. The van der Waals surface area contributed by atoms with E-state index in [0.29, 0.717) is 6.54 Å². The number of amides is 1. The lowest BCUT2D eigenvalue weighted by Crippen LogP contribution is -3.16. The maximum atomic E-state index is 13.0. The maximum absolute atomic E-state index is 13.0. The van der Waals surface area contributed by atoms with Crippen molar-refractivity contribution in [2.75, 3.05) is 26.7 Å². The Morgan fingerprint density at radius 1 is 1.30 bits per heavy atom. The summed E-state index contributed by atoms with van der Waals surface area (Å²) in [4.78, 5) is 15.8. The van der Waals surface area contributed by atoms with E-state index in [2.05, 4.69) is 34.3 Å². The predicted octanol–water partition coefficient (Wildman–Crippen LogP) is 3.34. The molecular formula is C24H32N3O2S+. The number of aromatic nitrogens is 1.